The number of ether oxygens (including phenoxy) is 2. The first kappa shape index (κ1) is 47.6. The van der Waals surface area contributed by atoms with Gasteiger partial charge in [0.1, 0.15) is 17.5 Å². The molecule has 0 aliphatic rings. The number of carbonyl (C=O) groups is 5. The minimum Gasteiger partial charge on any atom is -0.494 e. The third-order valence-electron chi connectivity index (χ3n) is 8.45. The summed E-state index contributed by atoms with van der Waals surface area (Å²) in [6, 6.07) is 14.6. The van der Waals surface area contributed by atoms with E-state index in [1.165, 1.54) is 20.8 Å². The van der Waals surface area contributed by atoms with Crippen LogP contribution in [0.4, 0.5) is 0 Å². The molecule has 0 spiro atoms. The predicted molar refractivity (Wildman–Crippen MR) is 211 cm³/mol. The first-order valence-corrected chi connectivity index (χ1v) is 19.7. The van der Waals surface area contributed by atoms with Crippen molar-refractivity contribution < 1.29 is 38.6 Å². The van der Waals surface area contributed by atoms with E-state index in [-0.39, 0.29) is 42.1 Å². The van der Waals surface area contributed by atoms with Crippen LogP contribution in [0.25, 0.3) is 0 Å². The summed E-state index contributed by atoms with van der Waals surface area (Å²) >= 11 is 0. The minimum atomic E-state index is -0.582. The molecule has 0 heterocycles. The third-order valence-corrected chi connectivity index (χ3v) is 8.45. The van der Waals surface area contributed by atoms with E-state index >= 15 is 0 Å². The lowest BCUT2D eigenvalue weighted by Crippen LogP contribution is -2.46. The summed E-state index contributed by atoms with van der Waals surface area (Å²) in [4.78, 5) is 58.2. The lowest BCUT2D eigenvalue weighted by atomic mass is 10.0. The van der Waals surface area contributed by atoms with E-state index in [2.05, 4.69) is 26.6 Å². The molecule has 13 nitrogen and oxygen atoms in total. The van der Waals surface area contributed by atoms with Gasteiger partial charge in [0.25, 0.3) is 0 Å². The molecular weight excluding hydrogens is 690 g/mol. The maximum absolute atomic E-state index is 12.6. The van der Waals surface area contributed by atoms with Gasteiger partial charge in [-0.3, -0.25) is 24.0 Å². The van der Waals surface area contributed by atoms with Crippen molar-refractivity contribution in [3.63, 3.8) is 0 Å². The molecule has 0 aliphatic carbocycles. The smallest absolute Gasteiger partial charge is 0.242 e. The molecule has 1 rings (SSSR count). The Balaban J connectivity index is 2.36. The molecule has 0 saturated carbocycles. The number of nitrogens with one attached hydrogen (secondary N) is 5. The van der Waals surface area contributed by atoms with E-state index < -0.39 is 6.04 Å². The Morgan fingerprint density at radius 2 is 1.11 bits per heavy atom. The molecule has 1 aromatic rings. The van der Waals surface area contributed by atoms with Gasteiger partial charge in [0, 0.05) is 65.9 Å². The van der Waals surface area contributed by atoms with Gasteiger partial charge < -0.3 is 41.2 Å². The fourth-order valence-corrected chi connectivity index (χ4v) is 5.42. The van der Waals surface area contributed by atoms with E-state index in [4.69, 9.17) is 9.47 Å². The molecule has 0 fully saturated rings. The molecule has 0 aliphatic heterocycles. The van der Waals surface area contributed by atoms with E-state index in [1.807, 2.05) is 48.5 Å². The normalized spacial score (nSPS) is 11.6. The maximum Gasteiger partial charge on any atom is 0.242 e. The van der Waals surface area contributed by atoms with Gasteiger partial charge in [-0.05, 0) is 82.1 Å². The van der Waals surface area contributed by atoms with Crippen molar-refractivity contribution in [1.29, 1.82) is 0 Å². The third kappa shape index (κ3) is 28.2. The van der Waals surface area contributed by atoms with E-state index in [9.17, 15) is 29.1 Å². The topological polar surface area (TPSA) is 184 Å². The van der Waals surface area contributed by atoms with Crippen LogP contribution in [0.1, 0.15) is 111 Å². The molecule has 0 radical (unpaired) electrons. The molecular formula is C41H67N5O8. The minimum absolute atomic E-state index is 0.0147. The molecule has 13 heteroatoms. The molecule has 0 bridgehead atoms. The molecule has 6 N–H and O–H groups in total. The van der Waals surface area contributed by atoms with Crippen LogP contribution in [0, 0.1) is 5.92 Å². The summed E-state index contributed by atoms with van der Waals surface area (Å²) in [6.07, 6.45) is 11.0. The van der Waals surface area contributed by atoms with Crippen molar-refractivity contribution >= 4 is 29.5 Å². The molecule has 304 valence electrons. The number of aliphatic hydroxyl groups excluding tert-OH is 1. The second kappa shape index (κ2) is 32.1. The molecule has 2 atom stereocenters. The van der Waals surface area contributed by atoms with Crippen molar-refractivity contribution in [2.75, 3.05) is 46.0 Å². The zero-order valence-electron chi connectivity index (χ0n) is 32.9. The summed E-state index contributed by atoms with van der Waals surface area (Å²) in [5.41, 5.74) is 0. The van der Waals surface area contributed by atoms with Gasteiger partial charge in [0.15, 0.2) is 0 Å². The highest BCUT2D eigenvalue weighted by molar-refractivity contribution is 5.86. The molecule has 54 heavy (non-hydrogen) atoms. The molecule has 0 aromatic heterocycles. The van der Waals surface area contributed by atoms with Crippen molar-refractivity contribution in [3.05, 3.63) is 48.5 Å². The average Bonchev–Trinajstić information content (AvgIpc) is 3.13. The van der Waals surface area contributed by atoms with E-state index in [1.54, 1.807) is 0 Å². The van der Waals surface area contributed by atoms with Crippen molar-refractivity contribution in [2.24, 2.45) is 5.92 Å². The number of amides is 5. The van der Waals surface area contributed by atoms with E-state index in [0.717, 1.165) is 70.6 Å². The Bertz CT molecular complexity index is 1280. The number of hydrogen-bond acceptors (Lipinski definition) is 8. The van der Waals surface area contributed by atoms with Crippen molar-refractivity contribution in [3.8, 4) is 11.5 Å². The first-order valence-electron chi connectivity index (χ1n) is 19.7. The maximum atomic E-state index is 12.6. The highest BCUT2D eigenvalue weighted by Gasteiger charge is 2.18. The standard InChI is InChI=1S/C41H67N5O8/c1-33(48)42-26-15-8-11-23-40(51)44-28-16-12-19-36(31-47)32-54-38-21-10-5-4-9-20-37(24-25-38)53-30-18-7-6-14-29-45-41(52)39(46-35(3)50)22-13-17-27-43-34(2)49/h4-5,9-10,20-21,24-25,36,39,47H,6-8,11-19,22-23,26-32H2,1-3H3,(H,42,48)(H,43,49)(H,44,51)(H,45,52)(H,46,50)/t36-,39-/m0/s1. The molecule has 0 saturated heterocycles. The Morgan fingerprint density at radius 1 is 0.574 bits per heavy atom. The fraction of sp³-hybridized carbons (Fsp3) is 0.634. The lowest BCUT2D eigenvalue weighted by Gasteiger charge is -2.17. The summed E-state index contributed by atoms with van der Waals surface area (Å²) < 4.78 is 12.1. The summed E-state index contributed by atoms with van der Waals surface area (Å²) in [7, 11) is 0. The van der Waals surface area contributed by atoms with Crippen LogP contribution in [0.2, 0.25) is 0 Å². The quantitative estimate of drug-likeness (QED) is 0.0613. The van der Waals surface area contributed by atoms with Crippen LogP contribution in [-0.2, 0) is 24.0 Å². The van der Waals surface area contributed by atoms with Gasteiger partial charge in [0.05, 0.1) is 13.2 Å². The molecule has 1 aromatic carbocycles. The number of hydrogen-bond donors (Lipinski definition) is 6. The van der Waals surface area contributed by atoms with Crippen LogP contribution < -0.4 is 36.1 Å². The first-order chi connectivity index (χ1) is 26.1. The summed E-state index contributed by atoms with van der Waals surface area (Å²) in [5.74, 6) is 0.832. The number of unbranched alkanes of at least 4 members (excludes halogenated alkanes) is 7. The second-order valence-corrected chi connectivity index (χ2v) is 13.5. The van der Waals surface area contributed by atoms with Gasteiger partial charge >= 0.3 is 0 Å². The fourth-order valence-electron chi connectivity index (χ4n) is 5.42. The molecule has 5 amide bonds. The van der Waals surface area contributed by atoms with Crippen LogP contribution in [0.3, 0.4) is 0 Å². The average molecular weight is 758 g/mol. The highest BCUT2D eigenvalue weighted by atomic mass is 16.5. The monoisotopic (exact) mass is 757 g/mol. The van der Waals surface area contributed by atoms with Crippen LogP contribution >= 0.6 is 0 Å². The number of rotatable bonds is 30. The lowest BCUT2D eigenvalue weighted by molar-refractivity contribution is -0.128. The molecule has 0 unspecified atom stereocenters. The van der Waals surface area contributed by atoms with Gasteiger partial charge in [0.2, 0.25) is 29.5 Å². The Hall–Kier alpha value is -4.39. The highest BCUT2D eigenvalue weighted by Crippen LogP contribution is 2.16. The van der Waals surface area contributed by atoms with Gasteiger partial charge in [-0.2, -0.15) is 0 Å². The van der Waals surface area contributed by atoms with Gasteiger partial charge in [-0.25, -0.2) is 0 Å². The summed E-state index contributed by atoms with van der Waals surface area (Å²) in [5, 5.41) is 24.0. The summed E-state index contributed by atoms with van der Waals surface area (Å²) in [6.45, 7) is 7.62. The Labute approximate surface area is 322 Å². The zero-order valence-corrected chi connectivity index (χ0v) is 32.9. The van der Waals surface area contributed by atoms with Crippen LogP contribution in [0.5, 0.6) is 11.5 Å². The van der Waals surface area contributed by atoms with Gasteiger partial charge in [-0.1, -0.05) is 49.9 Å². The second-order valence-electron chi connectivity index (χ2n) is 13.5. The SMILES string of the molecule is CC(=O)NCCCCCC(=O)NCCCC[C@@H](CO)COc1ccccccc(OCCCCCCNC(=O)[C@H](CCCCNC(C)=O)NC(C)=O)cc1. The van der Waals surface area contributed by atoms with E-state index in [0.29, 0.717) is 70.2 Å². The Kier molecular flexibility index (Phi) is 28.3. The predicted octanol–water partition coefficient (Wildman–Crippen LogP) is 4.65. The Morgan fingerprint density at radius 3 is 1.72 bits per heavy atom. The largest absolute Gasteiger partial charge is 0.494 e. The van der Waals surface area contributed by atoms with Gasteiger partial charge in [-0.15, -0.1) is 0 Å². The van der Waals surface area contributed by atoms with Crippen LogP contribution in [-0.4, -0.2) is 86.7 Å². The van der Waals surface area contributed by atoms with Crippen molar-refractivity contribution in [1.82, 2.24) is 26.6 Å². The number of aliphatic hydroxyl groups is 1. The van der Waals surface area contributed by atoms with Crippen molar-refractivity contribution in [2.45, 2.75) is 117 Å². The van der Waals surface area contributed by atoms with Crippen LogP contribution in [0.15, 0.2) is 48.5 Å². The zero-order chi connectivity index (χ0) is 39.7. The number of carbonyl (C=O) groups excluding carboxylic acids is 5.